The van der Waals surface area contributed by atoms with Crippen LogP contribution in [0, 0.1) is 17.2 Å². The number of benzene rings is 1. The minimum absolute atomic E-state index is 0.136. The molecule has 2 rings (SSSR count). The smallest absolute Gasteiger partial charge is 0.291 e. The Morgan fingerprint density at radius 3 is 2.35 bits per heavy atom. The molecule has 7 heteroatoms. The van der Waals surface area contributed by atoms with Crippen LogP contribution in [0.15, 0.2) is 29.4 Å². The van der Waals surface area contributed by atoms with E-state index in [0.29, 0.717) is 0 Å². The first-order valence-corrected chi connectivity index (χ1v) is 5.87. The van der Waals surface area contributed by atoms with Gasteiger partial charge >= 0.3 is 6.18 Å². The summed E-state index contributed by atoms with van der Waals surface area (Å²) in [5.41, 5.74) is 1.65. The molecule has 0 aromatic heterocycles. The third-order valence-corrected chi connectivity index (χ3v) is 2.80. The Bertz CT molecular complexity index is 580. The zero-order chi connectivity index (χ0) is 14.8. The number of alkyl halides is 3. The molecule has 0 aliphatic heterocycles. The third kappa shape index (κ3) is 3.35. The van der Waals surface area contributed by atoms with Gasteiger partial charge in [0.15, 0.2) is 5.78 Å². The molecule has 1 saturated carbocycles. The summed E-state index contributed by atoms with van der Waals surface area (Å²) in [6.07, 6.45) is -2.90. The number of carbonyl (C=O) groups excluding carboxylic acids is 1. The van der Waals surface area contributed by atoms with Crippen molar-refractivity contribution in [1.29, 1.82) is 5.26 Å². The Morgan fingerprint density at radius 1 is 1.30 bits per heavy atom. The average molecular weight is 281 g/mol. The fourth-order valence-corrected chi connectivity index (χ4v) is 1.53. The number of Topliss-reactive ketones (excluding diaryl/α,β-unsaturated/α-hetero) is 1. The predicted octanol–water partition coefficient (Wildman–Crippen LogP) is 2.98. The Kier molecular flexibility index (Phi) is 3.74. The standard InChI is InChI=1S/C13H10F3N3O/c14-13(15,16)9-3-5-10(6-4-9)18-19-11(7-17)12(20)8-1-2-8/h3-6,8,18H,1-2H2/b19-11+. The Labute approximate surface area is 112 Å². The molecule has 0 amide bonds. The van der Waals surface area contributed by atoms with Crippen LogP contribution in [-0.2, 0) is 11.0 Å². The van der Waals surface area contributed by atoms with E-state index in [1.54, 1.807) is 6.07 Å². The highest BCUT2D eigenvalue weighted by molar-refractivity contribution is 6.47. The van der Waals surface area contributed by atoms with Gasteiger partial charge < -0.3 is 0 Å². The number of hydrogen-bond acceptors (Lipinski definition) is 4. The van der Waals surface area contributed by atoms with Crippen LogP contribution < -0.4 is 5.43 Å². The van der Waals surface area contributed by atoms with Crippen LogP contribution >= 0.6 is 0 Å². The van der Waals surface area contributed by atoms with Crippen LogP contribution in [0.4, 0.5) is 18.9 Å². The Balaban J connectivity index is 2.06. The molecule has 0 atom stereocenters. The van der Waals surface area contributed by atoms with Crippen molar-refractivity contribution in [2.24, 2.45) is 11.0 Å². The summed E-state index contributed by atoms with van der Waals surface area (Å²) >= 11 is 0. The summed E-state index contributed by atoms with van der Waals surface area (Å²) in [4.78, 5) is 11.6. The molecule has 0 bridgehead atoms. The van der Waals surface area contributed by atoms with E-state index in [-0.39, 0.29) is 23.1 Å². The predicted molar refractivity (Wildman–Crippen MR) is 65.8 cm³/mol. The third-order valence-electron chi connectivity index (χ3n) is 2.80. The number of rotatable bonds is 4. The lowest BCUT2D eigenvalue weighted by Crippen LogP contribution is -2.15. The lowest BCUT2D eigenvalue weighted by Gasteiger charge is -2.07. The van der Waals surface area contributed by atoms with Crippen molar-refractivity contribution in [2.75, 3.05) is 5.43 Å². The lowest BCUT2D eigenvalue weighted by atomic mass is 10.2. The van der Waals surface area contributed by atoms with Crippen molar-refractivity contribution in [2.45, 2.75) is 19.0 Å². The first-order valence-electron chi connectivity index (χ1n) is 5.87. The molecule has 104 valence electrons. The maximum atomic E-state index is 12.4. The number of anilines is 1. The molecule has 20 heavy (non-hydrogen) atoms. The summed E-state index contributed by atoms with van der Waals surface area (Å²) in [6.45, 7) is 0. The zero-order valence-electron chi connectivity index (χ0n) is 10.2. The molecule has 1 aromatic rings. The van der Waals surface area contributed by atoms with Gasteiger partial charge in [0.25, 0.3) is 0 Å². The molecule has 1 N–H and O–H groups in total. The number of hydrogen-bond donors (Lipinski definition) is 1. The summed E-state index contributed by atoms with van der Waals surface area (Å²) in [5, 5.41) is 12.5. The highest BCUT2D eigenvalue weighted by Gasteiger charge is 2.33. The van der Waals surface area contributed by atoms with Gasteiger partial charge in [-0.15, -0.1) is 0 Å². The fourth-order valence-electron chi connectivity index (χ4n) is 1.53. The molecular weight excluding hydrogens is 271 g/mol. The maximum Gasteiger partial charge on any atom is 0.416 e. The van der Waals surface area contributed by atoms with Gasteiger partial charge in [0.05, 0.1) is 11.3 Å². The van der Waals surface area contributed by atoms with Gasteiger partial charge in [-0.25, -0.2) is 0 Å². The first kappa shape index (κ1) is 14.1. The van der Waals surface area contributed by atoms with Gasteiger partial charge in [-0.05, 0) is 37.1 Å². The normalized spacial score (nSPS) is 15.6. The largest absolute Gasteiger partial charge is 0.416 e. The van der Waals surface area contributed by atoms with Gasteiger partial charge in [-0.1, -0.05) is 0 Å². The van der Waals surface area contributed by atoms with Crippen molar-refractivity contribution < 1.29 is 18.0 Å². The van der Waals surface area contributed by atoms with Gasteiger partial charge in [0.1, 0.15) is 6.07 Å². The second-order valence-electron chi connectivity index (χ2n) is 4.40. The Morgan fingerprint density at radius 2 is 1.90 bits per heavy atom. The molecule has 0 saturated heterocycles. The molecule has 1 fully saturated rings. The average Bonchev–Trinajstić information content (AvgIpc) is 3.23. The quantitative estimate of drug-likeness (QED) is 0.681. The molecule has 0 heterocycles. The molecule has 0 unspecified atom stereocenters. The molecule has 1 aliphatic rings. The first-order chi connectivity index (χ1) is 9.41. The van der Waals surface area contributed by atoms with Gasteiger partial charge in [0, 0.05) is 5.92 Å². The molecule has 1 aromatic carbocycles. The van der Waals surface area contributed by atoms with Crippen molar-refractivity contribution in [3.05, 3.63) is 29.8 Å². The molecule has 4 nitrogen and oxygen atoms in total. The van der Waals surface area contributed by atoms with E-state index in [2.05, 4.69) is 10.5 Å². The van der Waals surface area contributed by atoms with Crippen LogP contribution in [0.1, 0.15) is 18.4 Å². The van der Waals surface area contributed by atoms with Gasteiger partial charge in [-0.3, -0.25) is 10.2 Å². The van der Waals surface area contributed by atoms with Gasteiger partial charge in [-0.2, -0.15) is 23.5 Å². The van der Waals surface area contributed by atoms with Gasteiger partial charge in [0.2, 0.25) is 5.71 Å². The lowest BCUT2D eigenvalue weighted by molar-refractivity contribution is -0.137. The van der Waals surface area contributed by atoms with Crippen molar-refractivity contribution in [1.82, 2.24) is 0 Å². The van der Waals surface area contributed by atoms with Crippen LogP contribution in [0.25, 0.3) is 0 Å². The number of hydrazone groups is 1. The van der Waals surface area contributed by atoms with E-state index in [9.17, 15) is 18.0 Å². The van der Waals surface area contributed by atoms with Crippen LogP contribution in [0.3, 0.4) is 0 Å². The minimum Gasteiger partial charge on any atom is -0.291 e. The highest BCUT2D eigenvalue weighted by Crippen LogP contribution is 2.31. The van der Waals surface area contributed by atoms with E-state index in [1.807, 2.05) is 0 Å². The molecule has 0 radical (unpaired) electrons. The van der Waals surface area contributed by atoms with Crippen molar-refractivity contribution >= 4 is 17.2 Å². The number of nitrogens with zero attached hydrogens (tertiary/aromatic N) is 2. The minimum atomic E-state index is -4.40. The number of halogens is 3. The van der Waals surface area contributed by atoms with E-state index in [1.165, 1.54) is 12.1 Å². The number of carbonyl (C=O) groups is 1. The van der Waals surface area contributed by atoms with E-state index < -0.39 is 11.7 Å². The maximum absolute atomic E-state index is 12.4. The summed E-state index contributed by atoms with van der Waals surface area (Å²) in [5.74, 6) is -0.463. The van der Waals surface area contributed by atoms with Crippen LogP contribution in [0.2, 0.25) is 0 Å². The SMILES string of the molecule is N#C/C(=N\Nc1ccc(C(F)(F)F)cc1)C(=O)C1CC1. The van der Waals surface area contributed by atoms with Crippen LogP contribution in [-0.4, -0.2) is 11.5 Å². The molecular formula is C13H10F3N3O. The summed E-state index contributed by atoms with van der Waals surface area (Å²) in [7, 11) is 0. The number of ketones is 1. The number of nitriles is 1. The van der Waals surface area contributed by atoms with E-state index >= 15 is 0 Å². The van der Waals surface area contributed by atoms with Crippen LogP contribution in [0.5, 0.6) is 0 Å². The second-order valence-corrected chi connectivity index (χ2v) is 4.40. The zero-order valence-corrected chi connectivity index (χ0v) is 10.2. The second kappa shape index (κ2) is 5.33. The topological polar surface area (TPSA) is 65.2 Å². The summed E-state index contributed by atoms with van der Waals surface area (Å²) < 4.78 is 37.1. The monoisotopic (exact) mass is 281 g/mol. The Hall–Kier alpha value is -2.36. The molecule has 0 spiro atoms. The van der Waals surface area contributed by atoms with E-state index in [0.717, 1.165) is 25.0 Å². The summed E-state index contributed by atoms with van der Waals surface area (Å²) in [6, 6.07) is 5.84. The van der Waals surface area contributed by atoms with E-state index in [4.69, 9.17) is 5.26 Å². The highest BCUT2D eigenvalue weighted by atomic mass is 19.4. The molecule has 1 aliphatic carbocycles. The fraction of sp³-hybridized carbons (Fsp3) is 0.308. The van der Waals surface area contributed by atoms with Crippen molar-refractivity contribution in [3.8, 4) is 6.07 Å². The number of nitrogens with one attached hydrogen (secondary N) is 1. The van der Waals surface area contributed by atoms with Crippen molar-refractivity contribution in [3.63, 3.8) is 0 Å².